The van der Waals surface area contributed by atoms with Crippen molar-refractivity contribution in [2.45, 2.75) is 25.8 Å². The van der Waals surface area contributed by atoms with Gasteiger partial charge >= 0.3 is 5.97 Å². The van der Waals surface area contributed by atoms with Crippen LogP contribution in [0.5, 0.6) is 11.5 Å². The number of rotatable bonds is 7. The van der Waals surface area contributed by atoms with E-state index in [1.807, 2.05) is 37.3 Å². The van der Waals surface area contributed by atoms with Crippen molar-refractivity contribution in [1.29, 1.82) is 0 Å². The van der Waals surface area contributed by atoms with Gasteiger partial charge in [0.15, 0.2) is 6.61 Å². The quantitative estimate of drug-likeness (QED) is 0.784. The summed E-state index contributed by atoms with van der Waals surface area (Å²) in [4.78, 5) is 23.9. The van der Waals surface area contributed by atoms with Crippen LogP contribution in [0.3, 0.4) is 0 Å². The van der Waals surface area contributed by atoms with E-state index in [-0.39, 0.29) is 18.6 Å². The first-order valence-electron chi connectivity index (χ1n) is 8.41. The maximum Gasteiger partial charge on any atom is 0.338 e. The number of carbonyl (C=O) groups excluding carboxylic acids is 2. The largest absolute Gasteiger partial charge is 0.457 e. The molecule has 0 spiro atoms. The molecule has 1 aliphatic rings. The lowest BCUT2D eigenvalue weighted by Gasteiger charge is -2.13. The van der Waals surface area contributed by atoms with Gasteiger partial charge in [0, 0.05) is 6.04 Å². The van der Waals surface area contributed by atoms with Crippen molar-refractivity contribution >= 4 is 11.9 Å². The molecule has 0 saturated heterocycles. The van der Waals surface area contributed by atoms with E-state index in [1.165, 1.54) is 0 Å². The summed E-state index contributed by atoms with van der Waals surface area (Å²) in [5, 5.41) is 2.85. The highest BCUT2D eigenvalue weighted by molar-refractivity contribution is 5.91. The third kappa shape index (κ3) is 5.08. The summed E-state index contributed by atoms with van der Waals surface area (Å²) < 4.78 is 10.8. The number of amides is 1. The molecule has 1 saturated carbocycles. The van der Waals surface area contributed by atoms with Crippen molar-refractivity contribution in [2.75, 3.05) is 6.61 Å². The second kappa shape index (κ2) is 7.83. The molecule has 1 fully saturated rings. The third-order valence-corrected chi connectivity index (χ3v) is 4.10. The van der Waals surface area contributed by atoms with Crippen LogP contribution in [0.25, 0.3) is 0 Å². The van der Waals surface area contributed by atoms with Crippen molar-refractivity contribution in [3.63, 3.8) is 0 Å². The number of hydrogen-bond donors (Lipinski definition) is 1. The molecule has 2 aromatic carbocycles. The Balaban J connectivity index is 1.53. The first kappa shape index (κ1) is 17.0. The molecule has 0 radical (unpaired) electrons. The lowest BCUT2D eigenvalue weighted by atomic mass is 10.2. The topological polar surface area (TPSA) is 64.6 Å². The van der Waals surface area contributed by atoms with Crippen LogP contribution in [0.4, 0.5) is 0 Å². The Bertz CT molecular complexity index is 740. The molecule has 1 atom stereocenters. The van der Waals surface area contributed by atoms with Crippen LogP contribution in [0.15, 0.2) is 54.6 Å². The predicted molar refractivity (Wildman–Crippen MR) is 93.6 cm³/mol. The van der Waals surface area contributed by atoms with E-state index in [0.29, 0.717) is 23.0 Å². The van der Waals surface area contributed by atoms with Crippen LogP contribution in [0.2, 0.25) is 0 Å². The standard InChI is InChI=1S/C20H21NO4/c1-14(15-10-11-15)21-19(22)13-24-20(23)16-6-5-9-18(12-16)25-17-7-3-2-4-8-17/h2-9,12,14-15H,10-11,13H2,1H3,(H,21,22)/t14-/m1/s1. The van der Waals surface area contributed by atoms with Crippen molar-refractivity contribution in [1.82, 2.24) is 5.32 Å². The number of carbonyl (C=O) groups is 2. The van der Waals surface area contributed by atoms with Gasteiger partial charge in [-0.15, -0.1) is 0 Å². The maximum atomic E-state index is 12.1. The first-order chi connectivity index (χ1) is 12.1. The van der Waals surface area contributed by atoms with Crippen molar-refractivity contribution in [2.24, 2.45) is 5.92 Å². The van der Waals surface area contributed by atoms with Gasteiger partial charge in [-0.2, -0.15) is 0 Å². The minimum atomic E-state index is -0.548. The van der Waals surface area contributed by atoms with Crippen LogP contribution in [0, 0.1) is 5.92 Å². The zero-order valence-electron chi connectivity index (χ0n) is 14.1. The molecule has 0 bridgehead atoms. The summed E-state index contributed by atoms with van der Waals surface area (Å²) in [7, 11) is 0. The van der Waals surface area contributed by atoms with E-state index in [9.17, 15) is 9.59 Å². The van der Waals surface area contributed by atoms with Gasteiger partial charge in [0.2, 0.25) is 0 Å². The van der Waals surface area contributed by atoms with Gasteiger partial charge in [-0.25, -0.2) is 4.79 Å². The van der Waals surface area contributed by atoms with E-state index in [2.05, 4.69) is 5.32 Å². The minimum absolute atomic E-state index is 0.133. The lowest BCUT2D eigenvalue weighted by Crippen LogP contribution is -2.37. The molecule has 0 heterocycles. The summed E-state index contributed by atoms with van der Waals surface area (Å²) >= 11 is 0. The monoisotopic (exact) mass is 339 g/mol. The van der Waals surface area contributed by atoms with E-state index in [0.717, 1.165) is 12.8 Å². The number of esters is 1. The van der Waals surface area contributed by atoms with Crippen molar-refractivity contribution < 1.29 is 19.1 Å². The Morgan fingerprint density at radius 1 is 1.08 bits per heavy atom. The average Bonchev–Trinajstić information content (AvgIpc) is 3.46. The normalized spacial score (nSPS) is 14.4. The van der Waals surface area contributed by atoms with E-state index < -0.39 is 5.97 Å². The van der Waals surface area contributed by atoms with Gasteiger partial charge < -0.3 is 14.8 Å². The molecule has 2 aromatic rings. The summed E-state index contributed by atoms with van der Waals surface area (Å²) in [6, 6.07) is 16.1. The summed E-state index contributed by atoms with van der Waals surface area (Å²) in [5.41, 5.74) is 0.344. The number of hydrogen-bond acceptors (Lipinski definition) is 4. The molecule has 0 unspecified atom stereocenters. The minimum Gasteiger partial charge on any atom is -0.457 e. The Hall–Kier alpha value is -2.82. The SMILES string of the molecule is C[C@@H](NC(=O)COC(=O)c1cccc(Oc2ccccc2)c1)C1CC1. The summed E-state index contributed by atoms with van der Waals surface area (Å²) in [5.74, 6) is 0.956. The fraction of sp³-hybridized carbons (Fsp3) is 0.300. The molecule has 0 aliphatic heterocycles. The highest BCUT2D eigenvalue weighted by atomic mass is 16.5. The predicted octanol–water partition coefficient (Wildman–Crippen LogP) is 3.55. The third-order valence-electron chi connectivity index (χ3n) is 4.10. The molecular formula is C20H21NO4. The molecule has 3 rings (SSSR count). The Labute approximate surface area is 147 Å². The fourth-order valence-electron chi connectivity index (χ4n) is 2.54. The van der Waals surface area contributed by atoms with Crippen LogP contribution in [-0.2, 0) is 9.53 Å². The second-order valence-corrected chi connectivity index (χ2v) is 6.21. The highest BCUT2D eigenvalue weighted by Gasteiger charge is 2.29. The van der Waals surface area contributed by atoms with Crippen LogP contribution in [-0.4, -0.2) is 24.5 Å². The molecule has 5 nitrogen and oxygen atoms in total. The Kier molecular flexibility index (Phi) is 5.33. The molecule has 0 aromatic heterocycles. The smallest absolute Gasteiger partial charge is 0.338 e. The number of benzene rings is 2. The number of ether oxygens (including phenoxy) is 2. The first-order valence-corrected chi connectivity index (χ1v) is 8.41. The van der Waals surface area contributed by atoms with E-state index in [1.54, 1.807) is 24.3 Å². The second-order valence-electron chi connectivity index (χ2n) is 6.21. The average molecular weight is 339 g/mol. The Morgan fingerprint density at radius 3 is 2.52 bits per heavy atom. The number of nitrogens with one attached hydrogen (secondary N) is 1. The van der Waals surface area contributed by atoms with Gasteiger partial charge in [0.1, 0.15) is 11.5 Å². The molecule has 1 aliphatic carbocycles. The zero-order valence-corrected chi connectivity index (χ0v) is 14.1. The maximum absolute atomic E-state index is 12.1. The highest BCUT2D eigenvalue weighted by Crippen LogP contribution is 2.32. The lowest BCUT2D eigenvalue weighted by molar-refractivity contribution is -0.124. The van der Waals surface area contributed by atoms with Crippen LogP contribution in [0.1, 0.15) is 30.1 Å². The molecule has 5 heteroatoms. The van der Waals surface area contributed by atoms with Gasteiger partial charge in [-0.3, -0.25) is 4.79 Å². The van der Waals surface area contributed by atoms with Gasteiger partial charge in [0.05, 0.1) is 5.56 Å². The molecule has 1 N–H and O–H groups in total. The van der Waals surface area contributed by atoms with E-state index in [4.69, 9.17) is 9.47 Å². The van der Waals surface area contributed by atoms with Crippen molar-refractivity contribution in [3.8, 4) is 11.5 Å². The van der Waals surface area contributed by atoms with E-state index >= 15 is 0 Å². The molecular weight excluding hydrogens is 318 g/mol. The fourth-order valence-corrected chi connectivity index (χ4v) is 2.54. The van der Waals surface area contributed by atoms with Crippen molar-refractivity contribution in [3.05, 3.63) is 60.2 Å². The van der Waals surface area contributed by atoms with Crippen LogP contribution < -0.4 is 10.1 Å². The molecule has 1 amide bonds. The number of para-hydroxylation sites is 1. The van der Waals surface area contributed by atoms with Gasteiger partial charge in [0.25, 0.3) is 5.91 Å². The van der Waals surface area contributed by atoms with Crippen LogP contribution >= 0.6 is 0 Å². The summed E-state index contributed by atoms with van der Waals surface area (Å²) in [6.07, 6.45) is 2.30. The van der Waals surface area contributed by atoms with Gasteiger partial charge in [-0.1, -0.05) is 24.3 Å². The molecule has 25 heavy (non-hydrogen) atoms. The Morgan fingerprint density at radius 2 is 1.80 bits per heavy atom. The molecule has 130 valence electrons. The van der Waals surface area contributed by atoms with Gasteiger partial charge in [-0.05, 0) is 56.0 Å². The summed E-state index contributed by atoms with van der Waals surface area (Å²) in [6.45, 7) is 1.70. The zero-order chi connectivity index (χ0) is 17.6.